The van der Waals surface area contributed by atoms with E-state index in [4.69, 9.17) is 4.74 Å². The Morgan fingerprint density at radius 3 is 2.88 bits per heavy atom. The first-order valence-corrected chi connectivity index (χ1v) is 6.45. The van der Waals surface area contributed by atoms with E-state index in [2.05, 4.69) is 5.32 Å². The minimum atomic E-state index is -4.25. The molecule has 2 rings (SSSR count). The second-order valence-electron chi connectivity index (χ2n) is 4.10. The summed E-state index contributed by atoms with van der Waals surface area (Å²) in [6.45, 7) is 1.60. The number of rotatable bonds is 3. The van der Waals surface area contributed by atoms with Crippen molar-refractivity contribution in [2.24, 2.45) is 0 Å². The quantitative estimate of drug-likeness (QED) is 0.907. The summed E-state index contributed by atoms with van der Waals surface area (Å²) >= 11 is 1.09. The summed E-state index contributed by atoms with van der Waals surface area (Å²) in [5.74, 6) is 0. The van der Waals surface area contributed by atoms with Gasteiger partial charge in [0.25, 0.3) is 0 Å². The SMILES string of the molecule is FC(F)(F)c1cscc1CN[C@@H]1CCCOC1. The molecule has 0 radical (unpaired) electrons. The molecular weight excluding hydrogens is 251 g/mol. The number of alkyl halides is 3. The van der Waals surface area contributed by atoms with E-state index in [1.54, 1.807) is 5.38 Å². The van der Waals surface area contributed by atoms with Crippen molar-refractivity contribution in [1.82, 2.24) is 5.32 Å². The summed E-state index contributed by atoms with van der Waals surface area (Å²) in [4.78, 5) is 0. The predicted octanol–water partition coefficient (Wildman–Crippen LogP) is 3.04. The third-order valence-corrected chi connectivity index (χ3v) is 3.58. The Morgan fingerprint density at radius 2 is 2.24 bits per heavy atom. The van der Waals surface area contributed by atoms with Crippen LogP contribution in [0.15, 0.2) is 10.8 Å². The van der Waals surface area contributed by atoms with Crippen molar-refractivity contribution < 1.29 is 17.9 Å². The lowest BCUT2D eigenvalue weighted by atomic mass is 10.1. The fourth-order valence-electron chi connectivity index (χ4n) is 1.87. The second kappa shape index (κ2) is 5.37. The topological polar surface area (TPSA) is 21.3 Å². The first-order valence-electron chi connectivity index (χ1n) is 5.51. The average Bonchev–Trinajstić information content (AvgIpc) is 2.75. The third kappa shape index (κ3) is 3.43. The standard InChI is InChI=1S/C11H14F3NOS/c12-11(13,14)10-7-17-6-8(10)4-15-9-2-1-3-16-5-9/h6-7,9,15H,1-5H2/t9-/m1/s1. The Balaban J connectivity index is 1.92. The zero-order chi connectivity index (χ0) is 12.3. The molecule has 1 N–H and O–H groups in total. The number of hydrogen-bond donors (Lipinski definition) is 1. The van der Waals surface area contributed by atoms with Gasteiger partial charge in [-0.3, -0.25) is 0 Å². The molecule has 0 bridgehead atoms. The van der Waals surface area contributed by atoms with Crippen molar-refractivity contribution in [3.63, 3.8) is 0 Å². The molecule has 2 nitrogen and oxygen atoms in total. The van der Waals surface area contributed by atoms with E-state index in [-0.39, 0.29) is 12.6 Å². The lowest BCUT2D eigenvalue weighted by molar-refractivity contribution is -0.137. The first kappa shape index (κ1) is 12.9. The van der Waals surface area contributed by atoms with Gasteiger partial charge in [0.05, 0.1) is 12.2 Å². The number of ether oxygens (including phenoxy) is 1. The maximum absolute atomic E-state index is 12.6. The molecule has 1 aromatic heterocycles. The van der Waals surface area contributed by atoms with Crippen molar-refractivity contribution in [3.05, 3.63) is 21.9 Å². The molecule has 0 amide bonds. The van der Waals surface area contributed by atoms with Gasteiger partial charge in [0, 0.05) is 24.6 Å². The van der Waals surface area contributed by atoms with Crippen molar-refractivity contribution in [2.75, 3.05) is 13.2 Å². The van der Waals surface area contributed by atoms with E-state index < -0.39 is 11.7 Å². The van der Waals surface area contributed by atoms with Crippen molar-refractivity contribution in [2.45, 2.75) is 31.6 Å². The van der Waals surface area contributed by atoms with Gasteiger partial charge in [0.2, 0.25) is 0 Å². The summed E-state index contributed by atoms with van der Waals surface area (Å²) in [5.41, 5.74) is -0.195. The number of hydrogen-bond acceptors (Lipinski definition) is 3. The Kier molecular flexibility index (Phi) is 4.06. The van der Waals surface area contributed by atoms with Crippen LogP contribution < -0.4 is 5.32 Å². The smallest absolute Gasteiger partial charge is 0.380 e. The molecule has 17 heavy (non-hydrogen) atoms. The predicted molar refractivity (Wildman–Crippen MR) is 60.0 cm³/mol. The highest BCUT2D eigenvalue weighted by Crippen LogP contribution is 2.34. The minimum Gasteiger partial charge on any atom is -0.380 e. The molecular formula is C11H14F3NOS. The van der Waals surface area contributed by atoms with Gasteiger partial charge in [-0.1, -0.05) is 0 Å². The fraction of sp³-hybridized carbons (Fsp3) is 0.636. The molecule has 1 aliphatic heterocycles. The number of nitrogens with one attached hydrogen (secondary N) is 1. The molecule has 96 valence electrons. The van der Waals surface area contributed by atoms with E-state index >= 15 is 0 Å². The minimum absolute atomic E-state index is 0.171. The van der Waals surface area contributed by atoms with Gasteiger partial charge >= 0.3 is 6.18 Å². The molecule has 1 saturated heterocycles. The monoisotopic (exact) mass is 265 g/mol. The molecule has 1 atom stereocenters. The van der Waals surface area contributed by atoms with E-state index in [0.29, 0.717) is 12.2 Å². The van der Waals surface area contributed by atoms with Gasteiger partial charge in [-0.15, -0.1) is 0 Å². The van der Waals surface area contributed by atoms with Gasteiger partial charge in [-0.25, -0.2) is 0 Å². The molecule has 6 heteroatoms. The second-order valence-corrected chi connectivity index (χ2v) is 4.85. The molecule has 2 heterocycles. The van der Waals surface area contributed by atoms with Crippen LogP contribution in [0.25, 0.3) is 0 Å². The summed E-state index contributed by atoms with van der Waals surface area (Å²) in [5, 5.41) is 5.83. The highest BCUT2D eigenvalue weighted by molar-refractivity contribution is 7.08. The van der Waals surface area contributed by atoms with Crippen LogP contribution in [0.2, 0.25) is 0 Å². The molecule has 0 unspecified atom stereocenters. The highest BCUT2D eigenvalue weighted by Gasteiger charge is 2.33. The van der Waals surface area contributed by atoms with Crippen LogP contribution in [0.4, 0.5) is 13.2 Å². The molecule has 1 aromatic rings. The Bertz CT molecular complexity index is 358. The summed E-state index contributed by atoms with van der Waals surface area (Å²) in [6, 6.07) is 0.171. The number of halogens is 3. The highest BCUT2D eigenvalue weighted by atomic mass is 32.1. The molecule has 0 saturated carbocycles. The zero-order valence-electron chi connectivity index (χ0n) is 9.22. The van der Waals surface area contributed by atoms with Crippen molar-refractivity contribution in [3.8, 4) is 0 Å². The maximum atomic E-state index is 12.6. The van der Waals surface area contributed by atoms with E-state index in [1.165, 1.54) is 0 Å². The van der Waals surface area contributed by atoms with Crippen LogP contribution in [0.1, 0.15) is 24.0 Å². The molecule has 1 aliphatic rings. The molecule has 1 fully saturated rings. The zero-order valence-corrected chi connectivity index (χ0v) is 10.0. The van der Waals surface area contributed by atoms with E-state index in [1.807, 2.05) is 0 Å². The lowest BCUT2D eigenvalue weighted by Gasteiger charge is -2.23. The van der Waals surface area contributed by atoms with Crippen LogP contribution in [0, 0.1) is 0 Å². The summed E-state index contributed by atoms with van der Waals surface area (Å²) < 4.78 is 43.1. The third-order valence-electron chi connectivity index (χ3n) is 2.79. The van der Waals surface area contributed by atoms with E-state index in [9.17, 15) is 13.2 Å². The van der Waals surface area contributed by atoms with Crippen molar-refractivity contribution >= 4 is 11.3 Å². The largest absolute Gasteiger partial charge is 0.417 e. The Labute approximate surface area is 102 Å². The normalized spacial score (nSPS) is 21.7. The first-order chi connectivity index (χ1) is 8.07. The van der Waals surface area contributed by atoms with Gasteiger partial charge in [-0.2, -0.15) is 24.5 Å². The Hall–Kier alpha value is -0.590. The van der Waals surface area contributed by atoms with Gasteiger partial charge in [-0.05, 0) is 23.8 Å². The van der Waals surface area contributed by atoms with Crippen molar-refractivity contribution in [1.29, 1.82) is 0 Å². The summed E-state index contributed by atoms with van der Waals surface area (Å²) in [6.07, 6.45) is -2.32. The average molecular weight is 265 g/mol. The maximum Gasteiger partial charge on any atom is 0.417 e. The van der Waals surface area contributed by atoms with Gasteiger partial charge in [0.1, 0.15) is 0 Å². The molecule has 0 aromatic carbocycles. The van der Waals surface area contributed by atoms with Crippen LogP contribution in [-0.4, -0.2) is 19.3 Å². The molecule has 0 spiro atoms. The van der Waals surface area contributed by atoms with Crippen LogP contribution in [0.5, 0.6) is 0 Å². The van der Waals surface area contributed by atoms with Crippen LogP contribution >= 0.6 is 11.3 Å². The van der Waals surface area contributed by atoms with Gasteiger partial charge in [0.15, 0.2) is 0 Å². The fourth-order valence-corrected chi connectivity index (χ4v) is 2.73. The lowest BCUT2D eigenvalue weighted by Crippen LogP contribution is -2.36. The Morgan fingerprint density at radius 1 is 1.41 bits per heavy atom. The number of thiophene rings is 1. The van der Waals surface area contributed by atoms with Gasteiger partial charge < -0.3 is 10.1 Å². The van der Waals surface area contributed by atoms with Crippen LogP contribution in [0.3, 0.4) is 0 Å². The van der Waals surface area contributed by atoms with E-state index in [0.717, 1.165) is 36.2 Å². The summed E-state index contributed by atoms with van der Waals surface area (Å²) in [7, 11) is 0. The van der Waals surface area contributed by atoms with Crippen LogP contribution in [-0.2, 0) is 17.5 Å². The molecule has 0 aliphatic carbocycles.